The number of anilines is 2. The number of aromatic nitrogens is 2. The van der Waals surface area contributed by atoms with Crippen LogP contribution in [-0.2, 0) is 16.6 Å². The number of primary sulfonamides is 1. The van der Waals surface area contributed by atoms with Crippen LogP contribution in [0, 0.1) is 0 Å². The number of nitrogens with zero attached hydrogens (tertiary/aromatic N) is 2. The zero-order valence-corrected chi connectivity index (χ0v) is 15.1. The highest BCUT2D eigenvalue weighted by molar-refractivity contribution is 7.89. The van der Waals surface area contributed by atoms with E-state index in [9.17, 15) is 13.5 Å². The second-order valence-electron chi connectivity index (χ2n) is 4.98. The monoisotopic (exact) mass is 396 g/mol. The van der Waals surface area contributed by atoms with E-state index >= 15 is 0 Å². The first-order valence-electron chi connectivity index (χ1n) is 7.00. The van der Waals surface area contributed by atoms with E-state index in [-0.39, 0.29) is 11.5 Å². The Morgan fingerprint density at radius 1 is 1.28 bits per heavy atom. The van der Waals surface area contributed by atoms with Gasteiger partial charge in [-0.2, -0.15) is 0 Å². The van der Waals surface area contributed by atoms with Crippen molar-refractivity contribution in [3.8, 4) is 11.3 Å². The standard InChI is InChI=1S/C15H13ClN4O3S2/c16-13-7-9(5-6-18-13)14-11(8-21)24-15(20-14)19-10-3-1-2-4-12(10)25(17,22)23/h1-7,21H,8H2,(H,19,20)(H2,17,22,23). The van der Waals surface area contributed by atoms with Crippen molar-refractivity contribution in [3.05, 3.63) is 52.6 Å². The number of thiazole rings is 1. The number of aliphatic hydroxyl groups excluding tert-OH is 1. The molecular weight excluding hydrogens is 384 g/mol. The Bertz CT molecular complexity index is 1020. The fraction of sp³-hybridized carbons (Fsp3) is 0.0667. The second-order valence-corrected chi connectivity index (χ2v) is 7.98. The van der Waals surface area contributed by atoms with E-state index in [1.54, 1.807) is 36.5 Å². The number of nitrogens with one attached hydrogen (secondary N) is 1. The molecule has 0 saturated heterocycles. The average Bonchev–Trinajstić information content (AvgIpc) is 2.97. The quantitative estimate of drug-likeness (QED) is 0.570. The molecule has 0 unspecified atom stereocenters. The maximum Gasteiger partial charge on any atom is 0.240 e. The van der Waals surface area contributed by atoms with Gasteiger partial charge in [-0.05, 0) is 24.3 Å². The number of rotatable bonds is 5. The summed E-state index contributed by atoms with van der Waals surface area (Å²) in [5, 5.41) is 18.5. The van der Waals surface area contributed by atoms with Gasteiger partial charge in [-0.3, -0.25) is 0 Å². The predicted molar refractivity (Wildman–Crippen MR) is 97.4 cm³/mol. The Labute approximate surface area is 153 Å². The number of benzene rings is 1. The van der Waals surface area contributed by atoms with Crippen LogP contribution in [0.1, 0.15) is 4.88 Å². The molecule has 0 atom stereocenters. The summed E-state index contributed by atoms with van der Waals surface area (Å²) in [5.41, 5.74) is 1.56. The van der Waals surface area contributed by atoms with Gasteiger partial charge in [0.25, 0.3) is 0 Å². The molecule has 0 radical (unpaired) electrons. The third kappa shape index (κ3) is 3.97. The van der Waals surface area contributed by atoms with Crippen molar-refractivity contribution in [2.45, 2.75) is 11.5 Å². The summed E-state index contributed by atoms with van der Waals surface area (Å²) >= 11 is 7.11. The molecule has 0 saturated carbocycles. The minimum Gasteiger partial charge on any atom is -0.391 e. The predicted octanol–water partition coefficient (Wildman–Crippen LogP) is 2.74. The lowest BCUT2D eigenvalue weighted by molar-refractivity contribution is 0.286. The molecule has 0 aliphatic rings. The number of halogens is 1. The Balaban J connectivity index is 2.01. The fourth-order valence-corrected chi connectivity index (χ4v) is 3.94. The van der Waals surface area contributed by atoms with E-state index in [0.717, 1.165) is 0 Å². The van der Waals surface area contributed by atoms with Crippen LogP contribution in [-0.4, -0.2) is 23.5 Å². The number of para-hydroxylation sites is 1. The highest BCUT2D eigenvalue weighted by Gasteiger charge is 2.17. The Kier molecular flexibility index (Phi) is 5.02. The van der Waals surface area contributed by atoms with Crippen molar-refractivity contribution in [1.29, 1.82) is 0 Å². The van der Waals surface area contributed by atoms with Gasteiger partial charge in [0, 0.05) is 11.8 Å². The minimum atomic E-state index is -3.88. The molecular formula is C15H13ClN4O3S2. The summed E-state index contributed by atoms with van der Waals surface area (Å²) in [6, 6.07) is 9.61. The van der Waals surface area contributed by atoms with E-state index in [1.807, 2.05) is 0 Å². The van der Waals surface area contributed by atoms with Gasteiger partial charge >= 0.3 is 0 Å². The lowest BCUT2D eigenvalue weighted by Gasteiger charge is -2.07. The smallest absolute Gasteiger partial charge is 0.240 e. The number of nitrogens with two attached hydrogens (primary N) is 1. The SMILES string of the molecule is NS(=O)(=O)c1ccccc1Nc1nc(-c2ccnc(Cl)c2)c(CO)s1. The van der Waals surface area contributed by atoms with Crippen molar-refractivity contribution in [1.82, 2.24) is 9.97 Å². The fourth-order valence-electron chi connectivity index (χ4n) is 2.22. The zero-order valence-electron chi connectivity index (χ0n) is 12.7. The molecule has 4 N–H and O–H groups in total. The van der Waals surface area contributed by atoms with Crippen molar-refractivity contribution in [2.24, 2.45) is 5.14 Å². The molecule has 2 heterocycles. The summed E-state index contributed by atoms with van der Waals surface area (Å²) in [5.74, 6) is 0. The molecule has 10 heteroatoms. The van der Waals surface area contributed by atoms with Crippen LogP contribution in [0.4, 0.5) is 10.8 Å². The number of hydrogen-bond donors (Lipinski definition) is 3. The zero-order chi connectivity index (χ0) is 18.0. The molecule has 25 heavy (non-hydrogen) atoms. The summed E-state index contributed by atoms with van der Waals surface area (Å²) in [6.45, 7) is -0.217. The van der Waals surface area contributed by atoms with Crippen LogP contribution in [0.5, 0.6) is 0 Å². The van der Waals surface area contributed by atoms with Gasteiger partial charge < -0.3 is 10.4 Å². The third-order valence-electron chi connectivity index (χ3n) is 3.28. The van der Waals surface area contributed by atoms with Crippen molar-refractivity contribution in [2.75, 3.05) is 5.32 Å². The van der Waals surface area contributed by atoms with Gasteiger partial charge in [-0.15, -0.1) is 0 Å². The molecule has 1 aromatic carbocycles. The highest BCUT2D eigenvalue weighted by Crippen LogP contribution is 2.34. The molecule has 7 nitrogen and oxygen atoms in total. The van der Waals surface area contributed by atoms with E-state index in [0.29, 0.717) is 32.1 Å². The highest BCUT2D eigenvalue weighted by atomic mass is 35.5. The van der Waals surface area contributed by atoms with Crippen LogP contribution in [0.15, 0.2) is 47.5 Å². The van der Waals surface area contributed by atoms with E-state index in [1.165, 1.54) is 17.4 Å². The van der Waals surface area contributed by atoms with Gasteiger partial charge in [0.1, 0.15) is 10.0 Å². The van der Waals surface area contributed by atoms with Crippen molar-refractivity contribution < 1.29 is 13.5 Å². The normalized spacial score (nSPS) is 11.5. The minimum absolute atomic E-state index is 0.0377. The van der Waals surface area contributed by atoms with Crippen molar-refractivity contribution >= 4 is 43.8 Å². The van der Waals surface area contributed by atoms with Crippen LogP contribution in [0.3, 0.4) is 0 Å². The van der Waals surface area contributed by atoms with Gasteiger partial charge in [0.05, 0.1) is 22.9 Å². The number of pyridine rings is 1. The first kappa shape index (κ1) is 17.8. The average molecular weight is 397 g/mol. The van der Waals surface area contributed by atoms with E-state index < -0.39 is 10.0 Å². The van der Waals surface area contributed by atoms with Crippen LogP contribution < -0.4 is 10.5 Å². The summed E-state index contributed by atoms with van der Waals surface area (Å²) in [6.07, 6.45) is 1.54. The lowest BCUT2D eigenvalue weighted by Crippen LogP contribution is -2.13. The first-order chi connectivity index (χ1) is 11.9. The second kappa shape index (κ2) is 7.06. The van der Waals surface area contributed by atoms with Gasteiger partial charge in [-0.25, -0.2) is 23.5 Å². The Morgan fingerprint density at radius 3 is 2.72 bits per heavy atom. The molecule has 130 valence electrons. The number of hydrogen-bond acceptors (Lipinski definition) is 7. The van der Waals surface area contributed by atoms with Crippen LogP contribution in [0.25, 0.3) is 11.3 Å². The van der Waals surface area contributed by atoms with Crippen LogP contribution >= 0.6 is 22.9 Å². The molecule has 3 aromatic rings. The van der Waals surface area contributed by atoms with Crippen LogP contribution in [0.2, 0.25) is 5.15 Å². The molecule has 0 bridgehead atoms. The van der Waals surface area contributed by atoms with Gasteiger partial charge in [0.15, 0.2) is 5.13 Å². The summed E-state index contributed by atoms with van der Waals surface area (Å²) in [7, 11) is -3.88. The largest absolute Gasteiger partial charge is 0.391 e. The summed E-state index contributed by atoms with van der Waals surface area (Å²) < 4.78 is 23.4. The number of sulfonamides is 1. The molecule has 3 rings (SSSR count). The first-order valence-corrected chi connectivity index (χ1v) is 9.74. The topological polar surface area (TPSA) is 118 Å². The molecule has 0 amide bonds. The third-order valence-corrected chi connectivity index (χ3v) is 5.41. The van der Waals surface area contributed by atoms with E-state index in [4.69, 9.17) is 16.7 Å². The maximum atomic E-state index is 11.7. The van der Waals surface area contributed by atoms with Gasteiger partial charge in [-0.1, -0.05) is 35.1 Å². The summed E-state index contributed by atoms with van der Waals surface area (Å²) in [4.78, 5) is 8.92. The molecule has 0 spiro atoms. The molecule has 2 aromatic heterocycles. The maximum absolute atomic E-state index is 11.7. The van der Waals surface area contributed by atoms with E-state index in [2.05, 4.69) is 15.3 Å². The molecule has 0 fully saturated rings. The lowest BCUT2D eigenvalue weighted by atomic mass is 10.2. The Hall–Kier alpha value is -2.04. The number of aliphatic hydroxyl groups is 1. The Morgan fingerprint density at radius 2 is 2.04 bits per heavy atom. The van der Waals surface area contributed by atoms with Gasteiger partial charge in [0.2, 0.25) is 10.0 Å². The molecule has 0 aliphatic carbocycles. The van der Waals surface area contributed by atoms with Crippen molar-refractivity contribution in [3.63, 3.8) is 0 Å². The molecule has 0 aliphatic heterocycles.